The Bertz CT molecular complexity index is 656. The second kappa shape index (κ2) is 6.42. The van der Waals surface area contributed by atoms with Crippen molar-refractivity contribution in [3.63, 3.8) is 0 Å². The highest BCUT2D eigenvalue weighted by atomic mass is 16.5. The fourth-order valence-corrected chi connectivity index (χ4v) is 2.98. The number of benzene rings is 1. The second-order valence-electron chi connectivity index (χ2n) is 6.11. The van der Waals surface area contributed by atoms with Crippen molar-refractivity contribution in [1.29, 1.82) is 0 Å². The van der Waals surface area contributed by atoms with Crippen LogP contribution in [0.15, 0.2) is 29.8 Å². The number of primary amides is 1. The Hall–Kier alpha value is -2.34. The zero-order valence-electron chi connectivity index (χ0n) is 13.2. The highest BCUT2D eigenvalue weighted by molar-refractivity contribution is 5.99. The standard InChI is InChI=1S/C17H21N3O3/c1-19-6-7-20(10-14(9-19)16(18)21)17(22)13-8-12-4-2-3-5-15(12)23-11-13/h2-5,8,14H,6-7,9-11H2,1H3,(H2,18,21)/t14-/m0/s1. The van der Waals surface area contributed by atoms with Crippen LogP contribution in [0, 0.1) is 5.92 Å². The van der Waals surface area contributed by atoms with Crippen LogP contribution in [0.1, 0.15) is 5.56 Å². The molecule has 23 heavy (non-hydrogen) atoms. The smallest absolute Gasteiger partial charge is 0.253 e. The summed E-state index contributed by atoms with van der Waals surface area (Å²) in [5.74, 6) is -0.00432. The first kappa shape index (κ1) is 15.6. The maximum atomic E-state index is 12.8. The molecular formula is C17H21N3O3. The van der Waals surface area contributed by atoms with Crippen LogP contribution < -0.4 is 10.5 Å². The van der Waals surface area contributed by atoms with Crippen molar-refractivity contribution in [2.45, 2.75) is 0 Å². The van der Waals surface area contributed by atoms with Crippen molar-refractivity contribution in [3.05, 3.63) is 35.4 Å². The largest absolute Gasteiger partial charge is 0.488 e. The van der Waals surface area contributed by atoms with Gasteiger partial charge in [0, 0.05) is 31.7 Å². The highest BCUT2D eigenvalue weighted by Crippen LogP contribution is 2.26. The van der Waals surface area contributed by atoms with Crippen LogP contribution >= 0.6 is 0 Å². The van der Waals surface area contributed by atoms with Gasteiger partial charge in [0.1, 0.15) is 12.4 Å². The first-order chi connectivity index (χ1) is 11.0. The molecule has 122 valence electrons. The van der Waals surface area contributed by atoms with Gasteiger partial charge in [0.2, 0.25) is 5.91 Å². The summed E-state index contributed by atoms with van der Waals surface area (Å²) in [6.45, 7) is 2.50. The molecule has 2 aliphatic rings. The Morgan fingerprint density at radius 3 is 2.78 bits per heavy atom. The number of para-hydroxylation sites is 1. The summed E-state index contributed by atoms with van der Waals surface area (Å²) >= 11 is 0. The van der Waals surface area contributed by atoms with Gasteiger partial charge in [-0.1, -0.05) is 18.2 Å². The summed E-state index contributed by atoms with van der Waals surface area (Å²) in [5.41, 5.74) is 6.97. The Morgan fingerprint density at radius 1 is 1.22 bits per heavy atom. The molecule has 0 aromatic heterocycles. The molecule has 2 N–H and O–H groups in total. The number of carbonyl (C=O) groups excluding carboxylic acids is 2. The molecule has 0 unspecified atom stereocenters. The van der Waals surface area contributed by atoms with E-state index >= 15 is 0 Å². The quantitative estimate of drug-likeness (QED) is 0.854. The maximum absolute atomic E-state index is 12.8. The number of nitrogens with two attached hydrogens (primary N) is 1. The molecule has 3 rings (SSSR count). The molecule has 1 aromatic rings. The van der Waals surface area contributed by atoms with Crippen molar-refractivity contribution < 1.29 is 14.3 Å². The third kappa shape index (κ3) is 3.37. The number of carbonyl (C=O) groups is 2. The van der Waals surface area contributed by atoms with E-state index in [1.165, 1.54) is 0 Å². The molecule has 0 spiro atoms. The van der Waals surface area contributed by atoms with Crippen molar-refractivity contribution in [2.24, 2.45) is 11.7 Å². The molecule has 0 saturated carbocycles. The summed E-state index contributed by atoms with van der Waals surface area (Å²) in [6, 6.07) is 7.62. The lowest BCUT2D eigenvalue weighted by molar-refractivity contribution is -0.129. The first-order valence-electron chi connectivity index (χ1n) is 7.74. The van der Waals surface area contributed by atoms with E-state index in [0.29, 0.717) is 25.2 Å². The summed E-state index contributed by atoms with van der Waals surface area (Å²) in [5, 5.41) is 0. The SMILES string of the molecule is CN1CCN(C(=O)C2=Cc3ccccc3OC2)C[C@@H](C(N)=O)C1. The number of nitrogens with zero attached hydrogens (tertiary/aromatic N) is 2. The number of amides is 2. The van der Waals surface area contributed by atoms with E-state index in [1.807, 2.05) is 42.3 Å². The van der Waals surface area contributed by atoms with Gasteiger partial charge in [0.15, 0.2) is 0 Å². The van der Waals surface area contributed by atoms with Gasteiger partial charge in [-0.15, -0.1) is 0 Å². The van der Waals surface area contributed by atoms with Crippen LogP contribution in [0.2, 0.25) is 0 Å². The van der Waals surface area contributed by atoms with Crippen LogP contribution in [0.4, 0.5) is 0 Å². The second-order valence-corrected chi connectivity index (χ2v) is 6.11. The van der Waals surface area contributed by atoms with Gasteiger partial charge in [0.05, 0.1) is 11.5 Å². The lowest BCUT2D eigenvalue weighted by atomic mass is 10.1. The minimum atomic E-state index is -0.365. The zero-order chi connectivity index (χ0) is 16.4. The lowest BCUT2D eigenvalue weighted by Gasteiger charge is -2.25. The molecule has 2 amide bonds. The molecule has 0 aliphatic carbocycles. The summed E-state index contributed by atoms with van der Waals surface area (Å²) in [4.78, 5) is 28.1. The molecule has 1 saturated heterocycles. The fraction of sp³-hybridized carbons (Fsp3) is 0.412. The van der Waals surface area contributed by atoms with Crippen LogP contribution in [-0.4, -0.2) is 61.4 Å². The molecule has 1 aromatic carbocycles. The van der Waals surface area contributed by atoms with E-state index in [1.54, 1.807) is 4.90 Å². The van der Waals surface area contributed by atoms with Gasteiger partial charge in [-0.05, 0) is 19.2 Å². The molecule has 2 aliphatic heterocycles. The highest BCUT2D eigenvalue weighted by Gasteiger charge is 2.29. The molecule has 1 fully saturated rings. The topological polar surface area (TPSA) is 75.9 Å². The Labute approximate surface area is 135 Å². The molecule has 1 atom stereocenters. The van der Waals surface area contributed by atoms with E-state index in [0.717, 1.165) is 17.9 Å². The Morgan fingerprint density at radius 2 is 2.00 bits per heavy atom. The predicted octanol–water partition coefficient (Wildman–Crippen LogP) is 0.338. The molecular weight excluding hydrogens is 294 g/mol. The van der Waals surface area contributed by atoms with E-state index in [9.17, 15) is 9.59 Å². The maximum Gasteiger partial charge on any atom is 0.253 e. The van der Waals surface area contributed by atoms with Gasteiger partial charge in [-0.2, -0.15) is 0 Å². The van der Waals surface area contributed by atoms with Gasteiger partial charge >= 0.3 is 0 Å². The summed E-state index contributed by atoms with van der Waals surface area (Å²) < 4.78 is 5.66. The van der Waals surface area contributed by atoms with Crippen molar-refractivity contribution in [2.75, 3.05) is 39.8 Å². The molecule has 6 nitrogen and oxygen atoms in total. The molecule has 0 radical (unpaired) electrons. The molecule has 6 heteroatoms. The third-order valence-corrected chi connectivity index (χ3v) is 4.32. The normalized spacial score (nSPS) is 21.7. The minimum Gasteiger partial charge on any atom is -0.488 e. The Balaban J connectivity index is 1.80. The number of ether oxygens (including phenoxy) is 1. The fourth-order valence-electron chi connectivity index (χ4n) is 2.98. The van der Waals surface area contributed by atoms with Crippen molar-refractivity contribution >= 4 is 17.9 Å². The number of fused-ring (bicyclic) bond motifs is 1. The average Bonchev–Trinajstić information content (AvgIpc) is 2.76. The Kier molecular flexibility index (Phi) is 4.34. The van der Waals surface area contributed by atoms with Crippen LogP contribution in [0.5, 0.6) is 5.75 Å². The van der Waals surface area contributed by atoms with Crippen LogP contribution in [-0.2, 0) is 9.59 Å². The number of hydrogen-bond donors (Lipinski definition) is 1. The molecule has 2 heterocycles. The van der Waals surface area contributed by atoms with Gasteiger partial charge in [-0.3, -0.25) is 9.59 Å². The van der Waals surface area contributed by atoms with Crippen molar-refractivity contribution in [3.8, 4) is 5.75 Å². The van der Waals surface area contributed by atoms with Gasteiger partial charge in [0.25, 0.3) is 5.91 Å². The number of likely N-dealkylation sites (N-methyl/N-ethyl adjacent to an activating group) is 1. The lowest BCUT2D eigenvalue weighted by Crippen LogP contribution is -2.41. The predicted molar refractivity (Wildman–Crippen MR) is 86.7 cm³/mol. The third-order valence-electron chi connectivity index (χ3n) is 4.32. The van der Waals surface area contributed by atoms with E-state index in [-0.39, 0.29) is 24.3 Å². The number of rotatable bonds is 2. The van der Waals surface area contributed by atoms with Crippen molar-refractivity contribution in [1.82, 2.24) is 9.80 Å². The van der Waals surface area contributed by atoms with Gasteiger partial charge < -0.3 is 20.3 Å². The van der Waals surface area contributed by atoms with E-state index in [2.05, 4.69) is 0 Å². The van der Waals surface area contributed by atoms with Crippen LogP contribution in [0.3, 0.4) is 0 Å². The molecule has 0 bridgehead atoms. The summed E-state index contributed by atoms with van der Waals surface area (Å²) in [6.07, 6.45) is 1.87. The van der Waals surface area contributed by atoms with Crippen LogP contribution in [0.25, 0.3) is 6.08 Å². The minimum absolute atomic E-state index is 0.0824. The monoisotopic (exact) mass is 315 g/mol. The average molecular weight is 315 g/mol. The first-order valence-corrected chi connectivity index (χ1v) is 7.74. The van der Waals surface area contributed by atoms with E-state index < -0.39 is 0 Å². The van der Waals surface area contributed by atoms with E-state index in [4.69, 9.17) is 10.5 Å². The number of hydrogen-bond acceptors (Lipinski definition) is 4. The van der Waals surface area contributed by atoms with Gasteiger partial charge in [-0.25, -0.2) is 0 Å². The zero-order valence-corrected chi connectivity index (χ0v) is 13.2. The summed E-state index contributed by atoms with van der Waals surface area (Å²) in [7, 11) is 1.93.